The molecular weight excluding hydrogens is 316 g/mol. The molecule has 7 nitrogen and oxygen atoms in total. The lowest BCUT2D eigenvalue weighted by molar-refractivity contribution is -0.156. The third-order valence-corrected chi connectivity index (χ3v) is 2.47. The predicted octanol–water partition coefficient (Wildman–Crippen LogP) is 1.33. The van der Waals surface area contributed by atoms with Gasteiger partial charge in [-0.25, -0.2) is 0 Å². The fourth-order valence-corrected chi connectivity index (χ4v) is 1.50. The maximum Gasteiger partial charge on any atom is 0.308 e. The van der Waals surface area contributed by atoms with Crippen LogP contribution in [0.1, 0.15) is 27.2 Å². The van der Waals surface area contributed by atoms with E-state index in [1.807, 2.05) is 20.8 Å². The average molecular weight is 348 g/mol. The van der Waals surface area contributed by atoms with Crippen molar-refractivity contribution in [3.63, 3.8) is 0 Å². The molecule has 0 radical (unpaired) electrons. The molecule has 0 aliphatic rings. The second kappa shape index (κ2) is 15.5. The van der Waals surface area contributed by atoms with Crippen molar-refractivity contribution >= 4 is 5.97 Å². The number of aliphatic hydroxyl groups is 1. The van der Waals surface area contributed by atoms with Gasteiger partial charge in [-0.2, -0.15) is 0 Å². The Morgan fingerprint density at radius 3 is 1.83 bits per heavy atom. The van der Waals surface area contributed by atoms with Crippen molar-refractivity contribution in [1.29, 1.82) is 0 Å². The highest BCUT2D eigenvalue weighted by Gasteiger charge is 2.15. The van der Waals surface area contributed by atoms with Crippen LogP contribution in [0, 0.1) is 0 Å². The maximum atomic E-state index is 11.4. The first-order valence-corrected chi connectivity index (χ1v) is 8.24. The van der Waals surface area contributed by atoms with E-state index in [4.69, 9.17) is 28.8 Å². The Bertz CT molecular complexity index is 323. The molecule has 0 amide bonds. The van der Waals surface area contributed by atoms with Gasteiger partial charge in [-0.1, -0.05) is 12.2 Å². The largest absolute Gasteiger partial charge is 0.460 e. The van der Waals surface area contributed by atoms with Gasteiger partial charge in [0.25, 0.3) is 0 Å². The highest BCUT2D eigenvalue weighted by molar-refractivity contribution is 5.69. The predicted molar refractivity (Wildman–Crippen MR) is 90.0 cm³/mol. The Morgan fingerprint density at radius 1 is 0.833 bits per heavy atom. The Hall–Kier alpha value is -0.990. The summed E-state index contributed by atoms with van der Waals surface area (Å²) in [5.41, 5.74) is -0.457. The summed E-state index contributed by atoms with van der Waals surface area (Å²) in [4.78, 5) is 11.4. The molecule has 0 spiro atoms. The van der Waals surface area contributed by atoms with Crippen LogP contribution < -0.4 is 0 Å². The number of hydrogen-bond acceptors (Lipinski definition) is 7. The smallest absolute Gasteiger partial charge is 0.308 e. The van der Waals surface area contributed by atoms with Gasteiger partial charge in [-0.15, -0.1) is 0 Å². The molecule has 0 atom stereocenters. The first-order valence-electron chi connectivity index (χ1n) is 8.24. The van der Waals surface area contributed by atoms with Crippen molar-refractivity contribution in [1.82, 2.24) is 0 Å². The summed E-state index contributed by atoms with van der Waals surface area (Å²) in [6, 6.07) is 0. The number of ether oxygens (including phenoxy) is 5. The van der Waals surface area contributed by atoms with E-state index in [1.54, 1.807) is 12.2 Å². The lowest BCUT2D eigenvalue weighted by Gasteiger charge is -2.19. The van der Waals surface area contributed by atoms with Crippen LogP contribution in [0.15, 0.2) is 12.2 Å². The minimum absolute atomic E-state index is 0.0297. The topological polar surface area (TPSA) is 83.5 Å². The molecule has 0 saturated heterocycles. The van der Waals surface area contributed by atoms with Crippen LogP contribution in [0.5, 0.6) is 0 Å². The van der Waals surface area contributed by atoms with E-state index >= 15 is 0 Å². The number of esters is 1. The minimum atomic E-state index is -0.457. The molecule has 0 fully saturated rings. The van der Waals surface area contributed by atoms with Gasteiger partial charge in [-0.3, -0.25) is 4.79 Å². The SMILES string of the molecule is CC(C)(C)OC(=O)CCOCCOCCOCCOC/C=C/CO. The average Bonchev–Trinajstić information content (AvgIpc) is 2.49. The van der Waals surface area contributed by atoms with Gasteiger partial charge in [-0.05, 0) is 20.8 Å². The number of hydrogen-bond donors (Lipinski definition) is 1. The molecule has 0 unspecified atom stereocenters. The lowest BCUT2D eigenvalue weighted by atomic mass is 10.2. The van der Waals surface area contributed by atoms with Crippen molar-refractivity contribution in [2.24, 2.45) is 0 Å². The molecule has 0 aliphatic carbocycles. The molecule has 7 heteroatoms. The van der Waals surface area contributed by atoms with Gasteiger partial charge in [0.2, 0.25) is 0 Å². The van der Waals surface area contributed by atoms with Gasteiger partial charge >= 0.3 is 5.97 Å². The standard InChI is InChI=1S/C17H32O7/c1-17(2,3)24-16(19)6-9-21-11-13-23-15-14-22-12-10-20-8-5-4-7-18/h4-5,18H,6-15H2,1-3H3/b5-4+. The molecule has 0 aromatic heterocycles. The number of carbonyl (C=O) groups is 1. The maximum absolute atomic E-state index is 11.4. The second-order valence-electron chi connectivity index (χ2n) is 5.90. The molecule has 0 aromatic carbocycles. The Labute approximate surface area is 144 Å². The van der Waals surface area contributed by atoms with Gasteiger partial charge < -0.3 is 28.8 Å². The molecule has 0 aromatic rings. The number of aliphatic hydroxyl groups excluding tert-OH is 1. The zero-order valence-electron chi connectivity index (χ0n) is 15.1. The summed E-state index contributed by atoms with van der Waals surface area (Å²) in [7, 11) is 0. The minimum Gasteiger partial charge on any atom is -0.460 e. The molecular formula is C17H32O7. The monoisotopic (exact) mass is 348 g/mol. The molecule has 0 aliphatic heterocycles. The zero-order valence-corrected chi connectivity index (χ0v) is 15.1. The molecule has 24 heavy (non-hydrogen) atoms. The number of carbonyl (C=O) groups excluding carboxylic acids is 1. The van der Waals surface area contributed by atoms with Crippen LogP contribution in [0.3, 0.4) is 0 Å². The van der Waals surface area contributed by atoms with Gasteiger partial charge in [0.15, 0.2) is 0 Å². The van der Waals surface area contributed by atoms with Crippen LogP contribution in [0.4, 0.5) is 0 Å². The van der Waals surface area contributed by atoms with Gasteiger partial charge in [0.1, 0.15) is 5.60 Å². The van der Waals surface area contributed by atoms with Crippen LogP contribution in [0.2, 0.25) is 0 Å². The Balaban J connectivity index is 3.18. The molecule has 1 N–H and O–H groups in total. The van der Waals surface area contributed by atoms with E-state index in [-0.39, 0.29) is 19.0 Å². The third-order valence-electron chi connectivity index (χ3n) is 2.47. The van der Waals surface area contributed by atoms with Gasteiger partial charge in [0.05, 0.1) is 65.9 Å². The number of rotatable bonds is 15. The van der Waals surface area contributed by atoms with E-state index in [9.17, 15) is 4.79 Å². The van der Waals surface area contributed by atoms with Crippen LogP contribution in [0.25, 0.3) is 0 Å². The second-order valence-corrected chi connectivity index (χ2v) is 5.90. The highest BCUT2D eigenvalue weighted by Crippen LogP contribution is 2.07. The van der Waals surface area contributed by atoms with Crippen LogP contribution in [-0.4, -0.2) is 76.1 Å². The normalized spacial score (nSPS) is 12.0. The molecule has 0 saturated carbocycles. The first kappa shape index (κ1) is 23.0. The Morgan fingerprint density at radius 2 is 1.33 bits per heavy atom. The highest BCUT2D eigenvalue weighted by atomic mass is 16.6. The lowest BCUT2D eigenvalue weighted by Crippen LogP contribution is -2.24. The van der Waals surface area contributed by atoms with Crippen molar-refractivity contribution in [3.05, 3.63) is 12.2 Å². The molecule has 0 rings (SSSR count). The van der Waals surface area contributed by atoms with Crippen molar-refractivity contribution in [2.45, 2.75) is 32.8 Å². The molecule has 0 heterocycles. The quantitative estimate of drug-likeness (QED) is 0.271. The summed E-state index contributed by atoms with van der Waals surface area (Å²) >= 11 is 0. The fraction of sp³-hybridized carbons (Fsp3) is 0.824. The van der Waals surface area contributed by atoms with E-state index in [0.29, 0.717) is 52.9 Å². The van der Waals surface area contributed by atoms with E-state index < -0.39 is 5.60 Å². The van der Waals surface area contributed by atoms with E-state index in [2.05, 4.69) is 0 Å². The van der Waals surface area contributed by atoms with E-state index in [0.717, 1.165) is 0 Å². The van der Waals surface area contributed by atoms with Crippen molar-refractivity contribution in [3.8, 4) is 0 Å². The van der Waals surface area contributed by atoms with Crippen LogP contribution >= 0.6 is 0 Å². The first-order chi connectivity index (χ1) is 11.5. The summed E-state index contributed by atoms with van der Waals surface area (Å²) < 4.78 is 26.4. The summed E-state index contributed by atoms with van der Waals surface area (Å²) in [5, 5.41) is 8.51. The molecule has 142 valence electrons. The van der Waals surface area contributed by atoms with Gasteiger partial charge in [0, 0.05) is 0 Å². The van der Waals surface area contributed by atoms with Crippen LogP contribution in [-0.2, 0) is 28.5 Å². The van der Waals surface area contributed by atoms with E-state index in [1.165, 1.54) is 0 Å². The molecule has 0 bridgehead atoms. The summed E-state index contributed by atoms with van der Waals surface area (Å²) in [6.45, 7) is 9.22. The summed E-state index contributed by atoms with van der Waals surface area (Å²) in [6.07, 6.45) is 3.63. The van der Waals surface area contributed by atoms with Crippen molar-refractivity contribution < 1.29 is 33.6 Å². The van der Waals surface area contributed by atoms with Crippen molar-refractivity contribution in [2.75, 3.05) is 59.5 Å². The summed E-state index contributed by atoms with van der Waals surface area (Å²) in [5.74, 6) is -0.258. The zero-order chi connectivity index (χ0) is 18.1. The third kappa shape index (κ3) is 19.1. The fourth-order valence-electron chi connectivity index (χ4n) is 1.50. The Kier molecular flexibility index (Phi) is 14.9.